The van der Waals surface area contributed by atoms with Crippen LogP contribution in [0.4, 0.5) is 0 Å². The third kappa shape index (κ3) is 1.45. The molecule has 4 atom stereocenters. The van der Waals surface area contributed by atoms with E-state index in [0.717, 1.165) is 24.5 Å². The molecule has 4 unspecified atom stereocenters. The first kappa shape index (κ1) is 10.1. The van der Waals surface area contributed by atoms with Crippen LogP contribution in [0.5, 0.6) is 0 Å². The van der Waals surface area contributed by atoms with Crippen LogP contribution >= 0.6 is 0 Å². The van der Waals surface area contributed by atoms with Crippen molar-refractivity contribution in [1.82, 2.24) is 5.32 Å². The molecule has 3 fully saturated rings. The normalized spacial score (nSPS) is 44.6. The zero-order valence-electron chi connectivity index (χ0n) is 10.1. The fourth-order valence-electron chi connectivity index (χ4n) is 3.68. The van der Waals surface area contributed by atoms with Crippen LogP contribution in [-0.2, 0) is 4.74 Å². The summed E-state index contributed by atoms with van der Waals surface area (Å²) >= 11 is 0. The van der Waals surface area contributed by atoms with Crippen LogP contribution in [0, 0.1) is 17.3 Å². The van der Waals surface area contributed by atoms with Crippen molar-refractivity contribution in [2.24, 2.45) is 17.3 Å². The Balaban J connectivity index is 1.65. The second-order valence-corrected chi connectivity index (χ2v) is 6.34. The summed E-state index contributed by atoms with van der Waals surface area (Å²) in [5, 5.41) is 3.86. The number of fused-ring (bicyclic) bond motifs is 1. The molecular weight excluding hydrogens is 186 g/mol. The molecule has 0 aromatic heterocycles. The largest absolute Gasteiger partial charge is 0.377 e. The summed E-state index contributed by atoms with van der Waals surface area (Å²) in [4.78, 5) is 0. The number of hydrogen-bond acceptors (Lipinski definition) is 2. The van der Waals surface area contributed by atoms with E-state index >= 15 is 0 Å². The van der Waals surface area contributed by atoms with Gasteiger partial charge in [-0.25, -0.2) is 0 Å². The molecule has 0 aromatic rings. The van der Waals surface area contributed by atoms with Crippen LogP contribution in [-0.4, -0.2) is 24.8 Å². The third-order valence-electron chi connectivity index (χ3n) is 4.87. The zero-order valence-corrected chi connectivity index (χ0v) is 10.1. The van der Waals surface area contributed by atoms with Gasteiger partial charge in [-0.1, -0.05) is 13.8 Å². The average molecular weight is 209 g/mol. The SMILES string of the molecule is CC(NC1C2CCOC2C1(C)C)C1CC1. The molecule has 3 aliphatic rings. The van der Waals surface area contributed by atoms with E-state index in [1.54, 1.807) is 0 Å². The third-order valence-corrected chi connectivity index (χ3v) is 4.87. The quantitative estimate of drug-likeness (QED) is 0.769. The van der Waals surface area contributed by atoms with Gasteiger partial charge in [-0.15, -0.1) is 0 Å². The van der Waals surface area contributed by atoms with Gasteiger partial charge < -0.3 is 10.1 Å². The van der Waals surface area contributed by atoms with E-state index in [1.807, 2.05) is 0 Å². The topological polar surface area (TPSA) is 21.3 Å². The summed E-state index contributed by atoms with van der Waals surface area (Å²) in [7, 11) is 0. The molecular formula is C13H23NO. The van der Waals surface area contributed by atoms with Crippen molar-refractivity contribution in [3.63, 3.8) is 0 Å². The van der Waals surface area contributed by atoms with E-state index in [-0.39, 0.29) is 0 Å². The molecule has 86 valence electrons. The summed E-state index contributed by atoms with van der Waals surface area (Å²) in [5.41, 5.74) is 0.352. The molecule has 0 spiro atoms. The summed E-state index contributed by atoms with van der Waals surface area (Å²) in [6, 6.07) is 1.41. The molecule has 2 heteroatoms. The monoisotopic (exact) mass is 209 g/mol. The second kappa shape index (κ2) is 3.21. The highest BCUT2D eigenvalue weighted by Gasteiger charge is 2.59. The van der Waals surface area contributed by atoms with Crippen molar-refractivity contribution in [3.05, 3.63) is 0 Å². The van der Waals surface area contributed by atoms with Gasteiger partial charge in [0.2, 0.25) is 0 Å². The molecule has 1 heterocycles. The van der Waals surface area contributed by atoms with E-state index in [4.69, 9.17) is 4.74 Å². The molecule has 15 heavy (non-hydrogen) atoms. The van der Waals surface area contributed by atoms with E-state index in [0.29, 0.717) is 17.6 Å². The number of nitrogens with one attached hydrogen (secondary N) is 1. The molecule has 2 saturated carbocycles. The Hall–Kier alpha value is -0.0800. The lowest BCUT2D eigenvalue weighted by atomic mass is 9.57. The standard InChI is InChI=1S/C13H23NO/c1-8(9-4-5-9)14-11-10-6-7-15-12(10)13(11,2)3/h8-12,14H,4-7H2,1-3H3. The van der Waals surface area contributed by atoms with Gasteiger partial charge in [0.05, 0.1) is 6.10 Å². The van der Waals surface area contributed by atoms with Crippen LogP contribution in [0.1, 0.15) is 40.0 Å². The van der Waals surface area contributed by atoms with Crippen molar-refractivity contribution in [3.8, 4) is 0 Å². The maximum absolute atomic E-state index is 5.82. The summed E-state index contributed by atoms with van der Waals surface area (Å²) in [6.07, 6.45) is 4.67. The highest BCUT2D eigenvalue weighted by atomic mass is 16.5. The highest BCUT2D eigenvalue weighted by molar-refractivity contribution is 5.12. The first-order valence-corrected chi connectivity index (χ1v) is 6.48. The zero-order chi connectivity index (χ0) is 10.6. The minimum atomic E-state index is 0.352. The fraction of sp³-hybridized carbons (Fsp3) is 1.00. The minimum absolute atomic E-state index is 0.352. The Kier molecular flexibility index (Phi) is 2.16. The van der Waals surface area contributed by atoms with E-state index in [2.05, 4.69) is 26.1 Å². The van der Waals surface area contributed by atoms with Crippen molar-refractivity contribution < 1.29 is 4.74 Å². The Morgan fingerprint density at radius 2 is 2.00 bits per heavy atom. The molecule has 1 aliphatic heterocycles. The van der Waals surface area contributed by atoms with Crippen LogP contribution in [0.15, 0.2) is 0 Å². The van der Waals surface area contributed by atoms with Gasteiger partial charge in [0, 0.05) is 30.0 Å². The molecule has 2 nitrogen and oxygen atoms in total. The summed E-state index contributed by atoms with van der Waals surface area (Å²) < 4.78 is 5.82. The maximum Gasteiger partial charge on any atom is 0.0685 e. The fourth-order valence-corrected chi connectivity index (χ4v) is 3.68. The predicted octanol–water partition coefficient (Wildman–Crippen LogP) is 2.19. The van der Waals surface area contributed by atoms with Crippen molar-refractivity contribution in [2.45, 2.75) is 58.2 Å². The maximum atomic E-state index is 5.82. The predicted molar refractivity (Wildman–Crippen MR) is 60.7 cm³/mol. The Morgan fingerprint density at radius 3 is 2.67 bits per heavy atom. The van der Waals surface area contributed by atoms with E-state index < -0.39 is 0 Å². The molecule has 2 aliphatic carbocycles. The molecule has 1 N–H and O–H groups in total. The lowest BCUT2D eigenvalue weighted by molar-refractivity contribution is -0.115. The first-order chi connectivity index (χ1) is 7.10. The first-order valence-electron chi connectivity index (χ1n) is 6.48. The van der Waals surface area contributed by atoms with Crippen LogP contribution in [0.3, 0.4) is 0 Å². The summed E-state index contributed by atoms with van der Waals surface area (Å²) in [5.74, 6) is 1.75. The highest BCUT2D eigenvalue weighted by Crippen LogP contribution is 2.52. The van der Waals surface area contributed by atoms with Crippen LogP contribution in [0.25, 0.3) is 0 Å². The lowest BCUT2D eigenvalue weighted by Gasteiger charge is -2.55. The molecule has 0 radical (unpaired) electrons. The Morgan fingerprint density at radius 1 is 1.27 bits per heavy atom. The molecule has 0 amide bonds. The van der Waals surface area contributed by atoms with E-state index in [1.165, 1.54) is 19.3 Å². The Bertz CT molecular complexity index is 259. The van der Waals surface area contributed by atoms with Gasteiger partial charge in [-0.3, -0.25) is 0 Å². The Labute approximate surface area is 92.8 Å². The number of rotatable bonds is 3. The molecule has 0 aromatic carbocycles. The van der Waals surface area contributed by atoms with Gasteiger partial charge >= 0.3 is 0 Å². The molecule has 3 rings (SSSR count). The minimum Gasteiger partial charge on any atom is -0.377 e. The second-order valence-electron chi connectivity index (χ2n) is 6.34. The van der Waals surface area contributed by atoms with Gasteiger partial charge in [0.25, 0.3) is 0 Å². The van der Waals surface area contributed by atoms with E-state index in [9.17, 15) is 0 Å². The smallest absolute Gasteiger partial charge is 0.0685 e. The number of ether oxygens (including phenoxy) is 1. The molecule has 0 bridgehead atoms. The van der Waals surface area contributed by atoms with Gasteiger partial charge in [-0.05, 0) is 32.1 Å². The van der Waals surface area contributed by atoms with Crippen molar-refractivity contribution >= 4 is 0 Å². The van der Waals surface area contributed by atoms with Gasteiger partial charge in [0.15, 0.2) is 0 Å². The average Bonchev–Trinajstić information content (AvgIpc) is 2.93. The molecule has 1 saturated heterocycles. The van der Waals surface area contributed by atoms with Crippen LogP contribution < -0.4 is 5.32 Å². The van der Waals surface area contributed by atoms with Crippen LogP contribution in [0.2, 0.25) is 0 Å². The van der Waals surface area contributed by atoms with Crippen molar-refractivity contribution in [2.75, 3.05) is 6.61 Å². The summed E-state index contributed by atoms with van der Waals surface area (Å²) in [6.45, 7) is 8.05. The van der Waals surface area contributed by atoms with Gasteiger partial charge in [0.1, 0.15) is 0 Å². The number of hydrogen-bond donors (Lipinski definition) is 1. The lowest BCUT2D eigenvalue weighted by Crippen LogP contribution is -2.67. The van der Waals surface area contributed by atoms with Gasteiger partial charge in [-0.2, -0.15) is 0 Å². The van der Waals surface area contributed by atoms with Crippen molar-refractivity contribution in [1.29, 1.82) is 0 Å².